The van der Waals surface area contributed by atoms with E-state index in [0.29, 0.717) is 12.3 Å². The van der Waals surface area contributed by atoms with Gasteiger partial charge in [0.2, 0.25) is 5.91 Å². The van der Waals surface area contributed by atoms with Crippen LogP contribution >= 0.6 is 0 Å². The van der Waals surface area contributed by atoms with Gasteiger partial charge in [-0.3, -0.25) is 9.59 Å². The number of ether oxygens (including phenoxy) is 1. The molecule has 0 heterocycles. The van der Waals surface area contributed by atoms with Crippen molar-refractivity contribution < 1.29 is 14.3 Å². The fourth-order valence-electron chi connectivity index (χ4n) is 2.67. The predicted octanol–water partition coefficient (Wildman–Crippen LogP) is 2.96. The Kier molecular flexibility index (Phi) is 8.36. The maximum absolute atomic E-state index is 12.4. The van der Waals surface area contributed by atoms with E-state index in [2.05, 4.69) is 22.8 Å². The Morgan fingerprint density at radius 3 is 2.22 bits per heavy atom. The van der Waals surface area contributed by atoms with Gasteiger partial charge in [-0.25, -0.2) is 0 Å². The monoisotopic (exact) mass is 368 g/mol. The van der Waals surface area contributed by atoms with Crippen molar-refractivity contribution in [1.82, 2.24) is 10.6 Å². The Labute approximate surface area is 161 Å². The SMILES string of the molecule is CC(C)[C@H](NC(=O)COc1ccccc1)C(=O)NCCCc1ccccc1. The van der Waals surface area contributed by atoms with Crippen LogP contribution in [0.15, 0.2) is 60.7 Å². The molecule has 144 valence electrons. The standard InChI is InChI=1S/C22H28N2O3/c1-17(2)21(24-20(25)16-27-19-13-7-4-8-14-19)22(26)23-15-9-12-18-10-5-3-6-11-18/h3-8,10-11,13-14,17,21H,9,12,15-16H2,1-2H3,(H,23,26)(H,24,25)/t21-/m0/s1. The van der Waals surface area contributed by atoms with Crippen LogP contribution < -0.4 is 15.4 Å². The number of carbonyl (C=O) groups excluding carboxylic acids is 2. The van der Waals surface area contributed by atoms with Gasteiger partial charge in [0.25, 0.3) is 5.91 Å². The summed E-state index contributed by atoms with van der Waals surface area (Å²) in [5.41, 5.74) is 1.25. The summed E-state index contributed by atoms with van der Waals surface area (Å²) >= 11 is 0. The van der Waals surface area contributed by atoms with E-state index in [-0.39, 0.29) is 24.3 Å². The molecule has 2 aromatic rings. The molecule has 0 saturated carbocycles. The number of rotatable bonds is 10. The molecule has 27 heavy (non-hydrogen) atoms. The minimum atomic E-state index is -0.575. The number of hydrogen-bond donors (Lipinski definition) is 2. The molecule has 0 radical (unpaired) electrons. The molecule has 0 aromatic heterocycles. The number of hydrogen-bond acceptors (Lipinski definition) is 3. The molecular formula is C22H28N2O3. The molecule has 0 spiro atoms. The summed E-state index contributed by atoms with van der Waals surface area (Å²) in [5, 5.41) is 5.69. The molecule has 1 atom stereocenters. The molecule has 2 rings (SSSR count). The predicted molar refractivity (Wildman–Crippen MR) is 106 cm³/mol. The maximum atomic E-state index is 12.4. The van der Waals surface area contributed by atoms with Gasteiger partial charge < -0.3 is 15.4 Å². The van der Waals surface area contributed by atoms with Gasteiger partial charge in [0.1, 0.15) is 11.8 Å². The molecule has 5 nitrogen and oxygen atoms in total. The molecule has 0 unspecified atom stereocenters. The van der Waals surface area contributed by atoms with Crippen LogP contribution in [-0.2, 0) is 16.0 Å². The molecule has 5 heteroatoms. The van der Waals surface area contributed by atoms with Crippen LogP contribution in [0.1, 0.15) is 25.8 Å². The number of aryl methyl sites for hydroxylation is 1. The zero-order valence-corrected chi connectivity index (χ0v) is 16.0. The summed E-state index contributed by atoms with van der Waals surface area (Å²) in [6.45, 7) is 4.28. The Bertz CT molecular complexity index is 702. The minimum Gasteiger partial charge on any atom is -0.484 e. The molecule has 2 aromatic carbocycles. The fourth-order valence-corrected chi connectivity index (χ4v) is 2.67. The van der Waals surface area contributed by atoms with Gasteiger partial charge in [-0.1, -0.05) is 62.4 Å². The first-order chi connectivity index (χ1) is 13.1. The highest BCUT2D eigenvalue weighted by Gasteiger charge is 2.23. The summed E-state index contributed by atoms with van der Waals surface area (Å²) in [6.07, 6.45) is 1.76. The largest absolute Gasteiger partial charge is 0.484 e. The van der Waals surface area contributed by atoms with Gasteiger partial charge in [-0.05, 0) is 36.5 Å². The summed E-state index contributed by atoms with van der Waals surface area (Å²) in [5.74, 6) is 0.141. The second kappa shape index (κ2) is 11.0. The fraction of sp³-hybridized carbons (Fsp3) is 0.364. The molecular weight excluding hydrogens is 340 g/mol. The lowest BCUT2D eigenvalue weighted by atomic mass is 10.0. The first kappa shape index (κ1) is 20.5. The zero-order chi connectivity index (χ0) is 19.5. The van der Waals surface area contributed by atoms with Crippen LogP contribution in [-0.4, -0.2) is 31.0 Å². The van der Waals surface area contributed by atoms with Crippen molar-refractivity contribution in [2.24, 2.45) is 5.92 Å². The van der Waals surface area contributed by atoms with Gasteiger partial charge in [-0.2, -0.15) is 0 Å². The van der Waals surface area contributed by atoms with Crippen molar-refractivity contribution in [3.63, 3.8) is 0 Å². The molecule has 0 saturated heterocycles. The quantitative estimate of drug-likeness (QED) is 0.634. The van der Waals surface area contributed by atoms with Crippen LogP contribution in [0.2, 0.25) is 0 Å². The van der Waals surface area contributed by atoms with E-state index in [4.69, 9.17) is 4.74 Å². The van der Waals surface area contributed by atoms with E-state index in [1.807, 2.05) is 50.2 Å². The number of nitrogens with one attached hydrogen (secondary N) is 2. The van der Waals surface area contributed by atoms with Crippen LogP contribution in [0, 0.1) is 5.92 Å². The van der Waals surface area contributed by atoms with Crippen molar-refractivity contribution in [3.8, 4) is 5.75 Å². The minimum absolute atomic E-state index is 0.0141. The van der Waals surface area contributed by atoms with E-state index in [1.54, 1.807) is 12.1 Å². The third kappa shape index (κ3) is 7.52. The van der Waals surface area contributed by atoms with E-state index < -0.39 is 6.04 Å². The zero-order valence-electron chi connectivity index (χ0n) is 16.0. The van der Waals surface area contributed by atoms with E-state index in [1.165, 1.54) is 5.56 Å². The highest BCUT2D eigenvalue weighted by Crippen LogP contribution is 2.08. The van der Waals surface area contributed by atoms with E-state index in [0.717, 1.165) is 12.8 Å². The van der Waals surface area contributed by atoms with Gasteiger partial charge in [0.15, 0.2) is 6.61 Å². The van der Waals surface area contributed by atoms with Crippen LogP contribution in [0.25, 0.3) is 0 Å². The first-order valence-electron chi connectivity index (χ1n) is 9.35. The summed E-state index contributed by atoms with van der Waals surface area (Å²) in [7, 11) is 0. The van der Waals surface area contributed by atoms with E-state index >= 15 is 0 Å². The number of para-hydroxylation sites is 1. The van der Waals surface area contributed by atoms with Crippen molar-refractivity contribution in [1.29, 1.82) is 0 Å². The Morgan fingerprint density at radius 2 is 1.59 bits per heavy atom. The maximum Gasteiger partial charge on any atom is 0.258 e. The second-order valence-corrected chi connectivity index (χ2v) is 6.77. The third-order valence-corrected chi connectivity index (χ3v) is 4.16. The molecule has 0 bridgehead atoms. The van der Waals surface area contributed by atoms with Crippen molar-refractivity contribution >= 4 is 11.8 Å². The van der Waals surface area contributed by atoms with Gasteiger partial charge in [0, 0.05) is 6.54 Å². The summed E-state index contributed by atoms with van der Waals surface area (Å²) in [4.78, 5) is 24.6. The smallest absolute Gasteiger partial charge is 0.258 e. The van der Waals surface area contributed by atoms with Gasteiger partial charge >= 0.3 is 0 Å². The molecule has 2 amide bonds. The Morgan fingerprint density at radius 1 is 0.963 bits per heavy atom. The van der Waals surface area contributed by atoms with Crippen molar-refractivity contribution in [2.45, 2.75) is 32.7 Å². The number of amides is 2. The average molecular weight is 368 g/mol. The third-order valence-electron chi connectivity index (χ3n) is 4.16. The lowest BCUT2D eigenvalue weighted by Crippen LogP contribution is -2.51. The van der Waals surface area contributed by atoms with Crippen molar-refractivity contribution in [3.05, 3.63) is 66.2 Å². The normalized spacial score (nSPS) is 11.7. The second-order valence-electron chi connectivity index (χ2n) is 6.77. The number of benzene rings is 2. The van der Waals surface area contributed by atoms with E-state index in [9.17, 15) is 9.59 Å². The molecule has 2 N–H and O–H groups in total. The van der Waals surface area contributed by atoms with Gasteiger partial charge in [0.05, 0.1) is 0 Å². The summed E-state index contributed by atoms with van der Waals surface area (Å²) in [6, 6.07) is 18.7. The first-order valence-corrected chi connectivity index (χ1v) is 9.35. The molecule has 0 aliphatic carbocycles. The Hall–Kier alpha value is -2.82. The lowest BCUT2D eigenvalue weighted by Gasteiger charge is -2.21. The molecule has 0 aliphatic heterocycles. The molecule has 0 aliphatic rings. The Balaban J connectivity index is 1.74. The topological polar surface area (TPSA) is 67.4 Å². The number of carbonyl (C=O) groups is 2. The van der Waals surface area contributed by atoms with Crippen LogP contribution in [0.4, 0.5) is 0 Å². The van der Waals surface area contributed by atoms with Crippen LogP contribution in [0.5, 0.6) is 5.75 Å². The van der Waals surface area contributed by atoms with Crippen molar-refractivity contribution in [2.75, 3.05) is 13.2 Å². The highest BCUT2D eigenvalue weighted by molar-refractivity contribution is 5.88. The van der Waals surface area contributed by atoms with Crippen LogP contribution in [0.3, 0.4) is 0 Å². The van der Waals surface area contributed by atoms with Gasteiger partial charge in [-0.15, -0.1) is 0 Å². The molecule has 0 fully saturated rings. The highest BCUT2D eigenvalue weighted by atomic mass is 16.5. The lowest BCUT2D eigenvalue weighted by molar-refractivity contribution is -0.131. The summed E-state index contributed by atoms with van der Waals surface area (Å²) < 4.78 is 5.43. The average Bonchev–Trinajstić information content (AvgIpc) is 2.69.